The largest absolute Gasteiger partial charge is 0.473 e. The Hall–Kier alpha value is -2.52. The third-order valence-electron chi connectivity index (χ3n) is 3.28. The van der Waals surface area contributed by atoms with Crippen molar-refractivity contribution in [2.75, 3.05) is 26.1 Å². The molecule has 1 aromatic carbocycles. The van der Waals surface area contributed by atoms with Gasteiger partial charge in [-0.25, -0.2) is 14.2 Å². The van der Waals surface area contributed by atoms with Crippen molar-refractivity contribution in [1.82, 2.24) is 5.01 Å². The van der Waals surface area contributed by atoms with Gasteiger partial charge in [-0.1, -0.05) is 6.08 Å². The van der Waals surface area contributed by atoms with Crippen LogP contribution >= 0.6 is 0 Å². The topological polar surface area (TPSA) is 108 Å². The van der Waals surface area contributed by atoms with Gasteiger partial charge in [-0.3, -0.25) is 10.6 Å². The monoisotopic (exact) mass is 357 g/mol. The second-order valence-corrected chi connectivity index (χ2v) is 5.15. The van der Waals surface area contributed by atoms with Crippen LogP contribution in [-0.2, 0) is 9.53 Å². The molecule has 0 fully saturated rings. The molecule has 0 saturated carbocycles. The van der Waals surface area contributed by atoms with E-state index in [2.05, 4.69) is 0 Å². The molecule has 25 heavy (non-hydrogen) atoms. The summed E-state index contributed by atoms with van der Waals surface area (Å²) in [6.45, 7) is 4.13. The van der Waals surface area contributed by atoms with E-state index in [9.17, 15) is 18.4 Å². The molecule has 0 aromatic heterocycles. The molecule has 9 heteroatoms. The van der Waals surface area contributed by atoms with Crippen molar-refractivity contribution in [3.05, 3.63) is 34.4 Å². The number of nitrogens with zero attached hydrogens (tertiary/aromatic N) is 1. The molecule has 1 aromatic rings. The van der Waals surface area contributed by atoms with Crippen molar-refractivity contribution >= 4 is 17.4 Å². The van der Waals surface area contributed by atoms with Gasteiger partial charge < -0.3 is 15.2 Å². The Kier molecular flexibility index (Phi) is 7.01. The quantitative estimate of drug-likeness (QED) is 0.0880. The molecule has 4 N–H and O–H groups in total. The molecule has 0 aliphatic heterocycles. The molecule has 7 nitrogen and oxygen atoms in total. The Labute approximate surface area is 144 Å². The Morgan fingerprint density at radius 2 is 1.88 bits per heavy atom. The number of carbonyl (C=O) groups is 2. The van der Waals surface area contributed by atoms with Crippen molar-refractivity contribution in [2.24, 2.45) is 5.84 Å². The first-order valence-corrected chi connectivity index (χ1v) is 7.41. The fourth-order valence-electron chi connectivity index (χ4n) is 2.12. The van der Waals surface area contributed by atoms with E-state index in [0.717, 1.165) is 5.01 Å². The molecule has 0 radical (unpaired) electrons. The summed E-state index contributed by atoms with van der Waals surface area (Å²) in [6.07, 6.45) is 1.22. The highest BCUT2D eigenvalue weighted by molar-refractivity contribution is 6.26. The predicted octanol–water partition coefficient (Wildman–Crippen LogP) is 1.69. The number of halogens is 2. The van der Waals surface area contributed by atoms with E-state index in [4.69, 9.17) is 21.1 Å². The van der Waals surface area contributed by atoms with Crippen molar-refractivity contribution in [3.63, 3.8) is 0 Å². The zero-order chi connectivity index (χ0) is 19.3. The summed E-state index contributed by atoms with van der Waals surface area (Å²) < 4.78 is 38.2. The zero-order valence-corrected chi connectivity index (χ0v) is 14.5. The van der Waals surface area contributed by atoms with Crippen molar-refractivity contribution < 1.29 is 27.8 Å². The molecular weight excluding hydrogens is 336 g/mol. The number of anilines is 1. The number of hydrogen-bond acceptors (Lipinski definition) is 7. The lowest BCUT2D eigenvalue weighted by molar-refractivity contribution is -0.138. The highest BCUT2D eigenvalue weighted by Crippen LogP contribution is 2.34. The summed E-state index contributed by atoms with van der Waals surface area (Å²) in [7, 11) is 1.45. The van der Waals surface area contributed by atoms with Gasteiger partial charge in [0.25, 0.3) is 0 Å². The van der Waals surface area contributed by atoms with E-state index in [1.807, 2.05) is 0 Å². The average Bonchev–Trinajstić information content (AvgIpc) is 2.53. The van der Waals surface area contributed by atoms with Crippen LogP contribution in [0.1, 0.15) is 29.8 Å². The van der Waals surface area contributed by atoms with Crippen molar-refractivity contribution in [1.29, 1.82) is 0 Å². The smallest absolute Gasteiger partial charge is 0.341 e. The first-order chi connectivity index (χ1) is 11.7. The number of rotatable bonds is 7. The summed E-state index contributed by atoms with van der Waals surface area (Å²) in [5.74, 6) is 0.314. The maximum absolute atomic E-state index is 14.1. The SMILES string of the molecule is C/C=C(/C(=O)OCC)C(=O)c1c(C)c(OCN(C)N)c(F)c(F)c1N. The average molecular weight is 357 g/mol. The highest BCUT2D eigenvalue weighted by Gasteiger charge is 2.30. The van der Waals surface area contributed by atoms with Gasteiger partial charge in [0.15, 0.2) is 18.3 Å². The molecule has 0 amide bonds. The first kappa shape index (κ1) is 20.5. The van der Waals surface area contributed by atoms with Gasteiger partial charge in [-0.2, -0.15) is 4.39 Å². The van der Waals surface area contributed by atoms with Gasteiger partial charge in [0.1, 0.15) is 5.57 Å². The zero-order valence-electron chi connectivity index (χ0n) is 14.5. The standard InChI is InChI=1S/C16H21F2N3O4/c1-5-9(16(23)24-6-2)14(22)10-8(3)15(25-7-21(4)20)12(18)11(17)13(10)19/h5H,6-7,19-20H2,1-4H3/b9-5+. The van der Waals surface area contributed by atoms with Crippen LogP contribution in [0.15, 0.2) is 11.6 Å². The maximum atomic E-state index is 14.1. The second kappa shape index (κ2) is 8.54. The van der Waals surface area contributed by atoms with Crippen LogP contribution in [0.4, 0.5) is 14.5 Å². The molecular formula is C16H21F2N3O4. The summed E-state index contributed by atoms with van der Waals surface area (Å²) in [6, 6.07) is 0. The fourth-order valence-corrected chi connectivity index (χ4v) is 2.12. The number of Topliss-reactive ketones (excluding diaryl/α,β-unsaturated/α-hetero) is 1. The van der Waals surface area contributed by atoms with Crippen LogP contribution in [0.3, 0.4) is 0 Å². The summed E-state index contributed by atoms with van der Waals surface area (Å²) in [4.78, 5) is 24.5. The lowest BCUT2D eigenvalue weighted by Crippen LogP contribution is -2.31. The van der Waals surface area contributed by atoms with Crippen LogP contribution in [0.2, 0.25) is 0 Å². The minimum atomic E-state index is -1.44. The number of hydrazine groups is 1. The summed E-state index contributed by atoms with van der Waals surface area (Å²) in [5.41, 5.74) is 4.10. The molecule has 0 aliphatic rings. The van der Waals surface area contributed by atoms with Gasteiger partial charge in [-0.15, -0.1) is 0 Å². The Bertz CT molecular complexity index is 718. The number of allylic oxidation sites excluding steroid dienone is 1. The molecule has 0 saturated heterocycles. The summed E-state index contributed by atoms with van der Waals surface area (Å²) >= 11 is 0. The highest BCUT2D eigenvalue weighted by atomic mass is 19.2. The minimum absolute atomic E-state index is 0.0485. The number of carbonyl (C=O) groups excluding carboxylic acids is 2. The van der Waals surface area contributed by atoms with Crippen molar-refractivity contribution in [3.8, 4) is 5.75 Å². The summed E-state index contributed by atoms with van der Waals surface area (Å²) in [5, 5.41) is 1.09. The van der Waals surface area contributed by atoms with Crippen molar-refractivity contribution in [2.45, 2.75) is 20.8 Å². The Morgan fingerprint density at radius 3 is 2.36 bits per heavy atom. The van der Waals surface area contributed by atoms with Gasteiger partial charge >= 0.3 is 5.97 Å². The molecule has 0 atom stereocenters. The van der Waals surface area contributed by atoms with Gasteiger partial charge in [-0.05, 0) is 20.8 Å². The van der Waals surface area contributed by atoms with Crippen LogP contribution in [-0.4, -0.2) is 37.1 Å². The van der Waals surface area contributed by atoms with E-state index in [1.165, 1.54) is 27.0 Å². The molecule has 0 bridgehead atoms. The molecule has 0 heterocycles. The fraction of sp³-hybridized carbons (Fsp3) is 0.375. The number of hydrogen-bond donors (Lipinski definition) is 2. The lowest BCUT2D eigenvalue weighted by Gasteiger charge is -2.18. The number of ketones is 1. The van der Waals surface area contributed by atoms with Gasteiger partial charge in [0, 0.05) is 12.6 Å². The van der Waals surface area contributed by atoms with E-state index in [0.29, 0.717) is 0 Å². The number of nitrogens with two attached hydrogens (primary N) is 2. The predicted molar refractivity (Wildman–Crippen MR) is 87.7 cm³/mol. The van der Waals surface area contributed by atoms with E-state index in [-0.39, 0.29) is 30.0 Å². The number of nitrogen functional groups attached to an aromatic ring is 1. The van der Waals surface area contributed by atoms with E-state index >= 15 is 0 Å². The van der Waals surface area contributed by atoms with Crippen LogP contribution in [0.5, 0.6) is 5.75 Å². The molecule has 0 aliphatic carbocycles. The number of esters is 1. The molecule has 138 valence electrons. The van der Waals surface area contributed by atoms with Gasteiger partial charge in [0.2, 0.25) is 11.6 Å². The van der Waals surface area contributed by atoms with Gasteiger partial charge in [0.05, 0.1) is 17.9 Å². The Morgan fingerprint density at radius 1 is 1.28 bits per heavy atom. The Balaban J connectivity index is 3.49. The third-order valence-corrected chi connectivity index (χ3v) is 3.28. The van der Waals surface area contributed by atoms with E-state index < -0.39 is 34.8 Å². The van der Waals surface area contributed by atoms with Crippen LogP contribution < -0.4 is 16.3 Å². The third kappa shape index (κ3) is 4.31. The lowest BCUT2D eigenvalue weighted by atomic mass is 9.95. The van der Waals surface area contributed by atoms with E-state index in [1.54, 1.807) is 6.92 Å². The molecule has 0 unspecified atom stereocenters. The second-order valence-electron chi connectivity index (χ2n) is 5.15. The first-order valence-electron chi connectivity index (χ1n) is 7.41. The van der Waals surface area contributed by atoms with Crippen LogP contribution in [0, 0.1) is 18.6 Å². The maximum Gasteiger partial charge on any atom is 0.341 e. The minimum Gasteiger partial charge on any atom is -0.473 e. The number of benzene rings is 1. The van der Waals surface area contributed by atoms with Crippen LogP contribution in [0.25, 0.3) is 0 Å². The normalized spacial score (nSPS) is 11.6. The molecule has 0 spiro atoms. The molecule has 1 rings (SSSR count). The number of ether oxygens (including phenoxy) is 2.